The van der Waals surface area contributed by atoms with Crippen LogP contribution in [0.5, 0.6) is 0 Å². The molecule has 10 heteroatoms. The minimum absolute atomic E-state index is 0.0930. The van der Waals surface area contributed by atoms with Crippen LogP contribution in [0, 0.1) is 5.92 Å². The molecule has 0 spiro atoms. The Hall–Kier alpha value is -2.43. The van der Waals surface area contributed by atoms with E-state index >= 15 is 0 Å². The number of allylic oxidation sites excluding steroid dienone is 2. The van der Waals surface area contributed by atoms with Crippen LogP contribution in [0.3, 0.4) is 0 Å². The molecule has 0 aromatic heterocycles. The average molecular weight is 379 g/mol. The van der Waals surface area contributed by atoms with E-state index in [1.165, 1.54) is 14.0 Å². The number of methoxy groups -OCH3 is 1. The first-order valence-electron chi connectivity index (χ1n) is 8.67. The molecule has 146 valence electrons. The van der Waals surface area contributed by atoms with Gasteiger partial charge in [0.15, 0.2) is 11.5 Å². The van der Waals surface area contributed by atoms with Crippen LogP contribution >= 0.6 is 0 Å². The lowest BCUT2D eigenvalue weighted by atomic mass is 9.83. The molecule has 0 saturated carbocycles. The van der Waals surface area contributed by atoms with Gasteiger partial charge in [0.2, 0.25) is 11.6 Å². The molecule has 27 heavy (non-hydrogen) atoms. The summed E-state index contributed by atoms with van der Waals surface area (Å²) in [5, 5.41) is 12.3. The zero-order valence-corrected chi connectivity index (χ0v) is 15.0. The van der Waals surface area contributed by atoms with Crippen molar-refractivity contribution in [3.8, 4) is 0 Å². The third-order valence-electron chi connectivity index (χ3n) is 5.71. The Morgan fingerprint density at radius 1 is 1.41 bits per heavy atom. The number of nitrogens with two attached hydrogens (primary N) is 1. The maximum Gasteiger partial charge on any atom is 0.404 e. The maximum atomic E-state index is 13.2. The molecule has 1 aliphatic carbocycles. The van der Waals surface area contributed by atoms with Gasteiger partial charge in [0.25, 0.3) is 0 Å². The van der Waals surface area contributed by atoms with Crippen molar-refractivity contribution < 1.29 is 33.7 Å². The van der Waals surface area contributed by atoms with Gasteiger partial charge in [-0.15, -0.1) is 0 Å². The maximum absolute atomic E-state index is 13.2. The zero-order valence-electron chi connectivity index (χ0n) is 15.0. The van der Waals surface area contributed by atoms with Crippen LogP contribution in [0.4, 0.5) is 4.79 Å². The van der Waals surface area contributed by atoms with Crippen LogP contribution in [-0.2, 0) is 23.8 Å². The SMILES string of the molecule is CO[C@@]12[C@H](COC(N)=O)C3=C(C(=O)C(C)=C(OCCO)C3=O)N1C[C@@H]1N[C@@H]12. The number of rotatable bonds is 6. The van der Waals surface area contributed by atoms with E-state index in [9.17, 15) is 14.4 Å². The molecule has 0 aromatic carbocycles. The Labute approximate surface area is 154 Å². The minimum Gasteiger partial charge on any atom is -0.487 e. The molecule has 1 amide bonds. The molecule has 0 unspecified atom stereocenters. The van der Waals surface area contributed by atoms with Crippen molar-refractivity contribution in [3.05, 3.63) is 22.6 Å². The number of hydrogen-bond acceptors (Lipinski definition) is 9. The number of ketones is 2. The molecule has 3 heterocycles. The highest BCUT2D eigenvalue weighted by molar-refractivity contribution is 6.25. The average Bonchev–Trinajstić information content (AvgIpc) is 3.24. The highest BCUT2D eigenvalue weighted by Gasteiger charge is 2.72. The molecular weight excluding hydrogens is 358 g/mol. The molecule has 3 aliphatic heterocycles. The molecule has 0 aromatic rings. The normalized spacial score (nSPS) is 33.9. The Bertz CT molecular complexity index is 804. The van der Waals surface area contributed by atoms with Gasteiger partial charge in [0.1, 0.15) is 13.2 Å². The fourth-order valence-electron chi connectivity index (χ4n) is 4.59. The van der Waals surface area contributed by atoms with Crippen LogP contribution in [0.2, 0.25) is 0 Å². The summed E-state index contributed by atoms with van der Waals surface area (Å²) >= 11 is 0. The summed E-state index contributed by atoms with van der Waals surface area (Å²) in [6, 6.07) is 0.0339. The topological polar surface area (TPSA) is 150 Å². The van der Waals surface area contributed by atoms with Crippen LogP contribution < -0.4 is 11.1 Å². The van der Waals surface area contributed by atoms with E-state index in [2.05, 4.69) is 5.32 Å². The molecule has 0 radical (unpaired) electrons. The Kier molecular flexibility index (Phi) is 4.02. The fourth-order valence-corrected chi connectivity index (χ4v) is 4.59. The molecule has 4 N–H and O–H groups in total. The number of primary amides is 1. The monoisotopic (exact) mass is 379 g/mol. The predicted molar refractivity (Wildman–Crippen MR) is 89.0 cm³/mol. The summed E-state index contributed by atoms with van der Waals surface area (Å²) in [4.78, 5) is 39.3. The molecule has 4 aliphatic rings. The number of amides is 1. The number of nitrogens with zero attached hydrogens (tertiary/aromatic N) is 1. The highest BCUT2D eigenvalue weighted by atomic mass is 16.6. The fraction of sp³-hybridized carbons (Fsp3) is 0.588. The first kappa shape index (κ1) is 18.0. The van der Waals surface area contributed by atoms with Crippen LogP contribution in [0.25, 0.3) is 0 Å². The van der Waals surface area contributed by atoms with Crippen molar-refractivity contribution in [3.63, 3.8) is 0 Å². The number of ether oxygens (including phenoxy) is 3. The number of piperazine rings is 1. The van der Waals surface area contributed by atoms with Crippen molar-refractivity contribution in [2.24, 2.45) is 11.7 Å². The summed E-state index contributed by atoms with van der Waals surface area (Å²) in [5.74, 6) is -1.59. The van der Waals surface area contributed by atoms with Crippen LogP contribution in [0.15, 0.2) is 22.6 Å². The second kappa shape index (κ2) is 6.04. The van der Waals surface area contributed by atoms with Crippen molar-refractivity contribution in [1.29, 1.82) is 0 Å². The van der Waals surface area contributed by atoms with Gasteiger partial charge in [-0.05, 0) is 6.92 Å². The van der Waals surface area contributed by atoms with E-state index in [1.54, 1.807) is 4.90 Å². The first-order chi connectivity index (χ1) is 12.9. The lowest BCUT2D eigenvalue weighted by Crippen LogP contribution is -2.55. The van der Waals surface area contributed by atoms with E-state index in [-0.39, 0.29) is 60.3 Å². The Morgan fingerprint density at radius 3 is 2.78 bits per heavy atom. The van der Waals surface area contributed by atoms with Gasteiger partial charge < -0.3 is 35.3 Å². The lowest BCUT2D eigenvalue weighted by Gasteiger charge is -2.39. The first-order valence-corrected chi connectivity index (χ1v) is 8.67. The number of fused-ring (bicyclic) bond motifs is 4. The number of Topliss-reactive ketones (excluding diaryl/α,β-unsaturated/α-hetero) is 2. The van der Waals surface area contributed by atoms with Gasteiger partial charge in [0, 0.05) is 30.8 Å². The number of aliphatic hydroxyl groups excluding tert-OH is 1. The van der Waals surface area contributed by atoms with Crippen molar-refractivity contribution in [1.82, 2.24) is 10.2 Å². The van der Waals surface area contributed by atoms with E-state index in [0.717, 1.165) is 0 Å². The van der Waals surface area contributed by atoms with Crippen LogP contribution in [0.1, 0.15) is 6.92 Å². The molecule has 10 nitrogen and oxygen atoms in total. The number of nitrogens with one attached hydrogen (secondary N) is 1. The van der Waals surface area contributed by atoms with E-state index in [0.29, 0.717) is 6.54 Å². The molecule has 4 rings (SSSR count). The molecule has 2 saturated heterocycles. The third-order valence-corrected chi connectivity index (χ3v) is 5.71. The number of aliphatic hydroxyl groups is 1. The number of carbonyl (C=O) groups excluding carboxylic acids is 3. The standard InChI is InChI=1S/C17H21N3O7/c1-7-12(22)11-10(13(23)14(7)26-4-3-21)8(6-27-16(18)24)17(25-2)15-9(19-15)5-20(11)17/h8-9,15,19,21H,3-6H2,1-2H3,(H2,18,24)/t8-,9+,15+,17-/m1/s1. The Morgan fingerprint density at radius 2 is 2.15 bits per heavy atom. The predicted octanol–water partition coefficient (Wildman–Crippen LogP) is -1.60. The number of carbonyl (C=O) groups is 3. The summed E-state index contributed by atoms with van der Waals surface area (Å²) < 4.78 is 16.2. The summed E-state index contributed by atoms with van der Waals surface area (Å²) in [6.45, 7) is 1.42. The van der Waals surface area contributed by atoms with Crippen molar-refractivity contribution in [2.45, 2.75) is 24.7 Å². The smallest absolute Gasteiger partial charge is 0.404 e. The van der Waals surface area contributed by atoms with Gasteiger partial charge in [0.05, 0.1) is 24.3 Å². The van der Waals surface area contributed by atoms with Gasteiger partial charge in [-0.2, -0.15) is 0 Å². The van der Waals surface area contributed by atoms with E-state index in [4.69, 9.17) is 25.1 Å². The molecule has 4 atom stereocenters. The Balaban J connectivity index is 1.79. The second-order valence-corrected chi connectivity index (χ2v) is 6.95. The molecule has 0 bridgehead atoms. The third kappa shape index (κ3) is 2.27. The largest absolute Gasteiger partial charge is 0.487 e. The lowest BCUT2D eigenvalue weighted by molar-refractivity contribution is -0.137. The van der Waals surface area contributed by atoms with Gasteiger partial charge >= 0.3 is 6.09 Å². The van der Waals surface area contributed by atoms with Crippen LogP contribution in [-0.4, -0.2) is 79.0 Å². The van der Waals surface area contributed by atoms with Crippen molar-refractivity contribution >= 4 is 17.7 Å². The zero-order chi connectivity index (χ0) is 19.5. The summed E-state index contributed by atoms with van der Waals surface area (Å²) in [6.07, 6.45) is -0.974. The van der Waals surface area contributed by atoms with Gasteiger partial charge in [-0.3, -0.25) is 9.59 Å². The quantitative estimate of drug-likeness (QED) is 0.366. The molecular formula is C17H21N3O7. The van der Waals surface area contributed by atoms with Crippen molar-refractivity contribution in [2.75, 3.05) is 33.5 Å². The second-order valence-electron chi connectivity index (χ2n) is 6.95. The summed E-state index contributed by atoms with van der Waals surface area (Å²) in [5.41, 5.74) is 4.76. The highest BCUT2D eigenvalue weighted by Crippen LogP contribution is 2.55. The van der Waals surface area contributed by atoms with Gasteiger partial charge in [-0.25, -0.2) is 4.79 Å². The van der Waals surface area contributed by atoms with E-state index < -0.39 is 23.5 Å². The minimum atomic E-state index is -1.01. The number of hydrogen-bond donors (Lipinski definition) is 3. The molecule has 2 fully saturated rings. The van der Waals surface area contributed by atoms with Gasteiger partial charge in [-0.1, -0.05) is 0 Å². The van der Waals surface area contributed by atoms with E-state index in [1.807, 2.05) is 0 Å². The summed E-state index contributed by atoms with van der Waals surface area (Å²) in [7, 11) is 1.50.